The molecule has 2 heterocycles. The zero-order valence-electron chi connectivity index (χ0n) is 20.9. The van der Waals surface area contributed by atoms with Gasteiger partial charge in [-0.2, -0.15) is 10.2 Å². The van der Waals surface area contributed by atoms with Crippen LogP contribution >= 0.6 is 0 Å². The molecule has 0 bridgehead atoms. The van der Waals surface area contributed by atoms with Crippen molar-refractivity contribution in [2.75, 3.05) is 14.1 Å². The lowest BCUT2D eigenvalue weighted by molar-refractivity contribution is -0.117. The van der Waals surface area contributed by atoms with Crippen LogP contribution in [-0.4, -0.2) is 57.0 Å². The van der Waals surface area contributed by atoms with Gasteiger partial charge in [-0.05, 0) is 38.8 Å². The number of ether oxygens (including phenoxy) is 1. The third-order valence-electron chi connectivity index (χ3n) is 5.25. The highest BCUT2D eigenvalue weighted by Gasteiger charge is 2.11. The first-order chi connectivity index (χ1) is 16.7. The number of carbonyl (C=O) groups excluding carboxylic acids is 1. The van der Waals surface area contributed by atoms with Crippen LogP contribution in [0, 0.1) is 0 Å². The van der Waals surface area contributed by atoms with E-state index < -0.39 is 0 Å². The number of hydrogen-bond acceptors (Lipinski definition) is 8. The molecule has 0 saturated heterocycles. The maximum Gasteiger partial charge on any atom is 0.203 e. The van der Waals surface area contributed by atoms with E-state index in [2.05, 4.69) is 20.2 Å². The summed E-state index contributed by atoms with van der Waals surface area (Å²) in [5.74, 6) is 1.26. The van der Waals surface area contributed by atoms with Gasteiger partial charge in [-0.1, -0.05) is 18.2 Å². The van der Waals surface area contributed by atoms with Crippen LogP contribution in [-0.2, 0) is 11.2 Å². The number of hydrogen-bond donors (Lipinski definition) is 0. The quantitative estimate of drug-likeness (QED) is 0.308. The zero-order valence-corrected chi connectivity index (χ0v) is 20.9. The van der Waals surface area contributed by atoms with Crippen LogP contribution < -0.4 is 10.2 Å². The normalized spacial score (nSPS) is 12.9. The molecule has 9 nitrogen and oxygen atoms in total. The Hall–Kier alpha value is -3.88. The number of Topliss-reactive ketones (excluding diaryl/α,β-unsaturated/α-hetero) is 1. The standard InChI is InChI=1S/C26H32N6O3/c1-18(15-29-31(4)5)32-12-11-25(34)24(30-32)14-21-7-6-8-22(13-21)26-27-16-23(17-28-26)35-20(3)10-9-19(2)33/h6-8,11-13,15-18,20H,9-10,14H2,1-5H3/b29-15-. The van der Waals surface area contributed by atoms with Crippen LogP contribution in [0.5, 0.6) is 5.75 Å². The lowest BCUT2D eigenvalue weighted by Gasteiger charge is -2.13. The van der Waals surface area contributed by atoms with E-state index in [0.717, 1.165) is 11.1 Å². The summed E-state index contributed by atoms with van der Waals surface area (Å²) in [5, 5.41) is 10.5. The summed E-state index contributed by atoms with van der Waals surface area (Å²) < 4.78 is 7.53. The molecule has 0 spiro atoms. The third kappa shape index (κ3) is 7.84. The highest BCUT2D eigenvalue weighted by molar-refractivity contribution is 5.75. The van der Waals surface area contributed by atoms with Gasteiger partial charge in [0.2, 0.25) is 5.43 Å². The van der Waals surface area contributed by atoms with E-state index in [1.165, 1.54) is 6.07 Å². The van der Waals surface area contributed by atoms with E-state index in [-0.39, 0.29) is 23.4 Å². The number of nitrogens with zero attached hydrogens (tertiary/aromatic N) is 6. The van der Waals surface area contributed by atoms with E-state index in [0.29, 0.717) is 36.5 Å². The van der Waals surface area contributed by atoms with Crippen molar-refractivity contribution in [2.45, 2.75) is 52.2 Å². The second kappa shape index (κ2) is 12.0. The zero-order chi connectivity index (χ0) is 25.4. The van der Waals surface area contributed by atoms with E-state index in [1.807, 2.05) is 52.2 Å². The third-order valence-corrected chi connectivity index (χ3v) is 5.25. The smallest absolute Gasteiger partial charge is 0.203 e. The molecule has 9 heteroatoms. The number of ketones is 1. The fourth-order valence-corrected chi connectivity index (χ4v) is 3.35. The minimum Gasteiger partial charge on any atom is -0.487 e. The first-order valence-electron chi connectivity index (χ1n) is 11.6. The molecule has 0 radical (unpaired) electrons. The first kappa shape index (κ1) is 25.7. The monoisotopic (exact) mass is 476 g/mol. The second-order valence-corrected chi connectivity index (χ2v) is 8.75. The van der Waals surface area contributed by atoms with Crippen molar-refractivity contribution < 1.29 is 9.53 Å². The summed E-state index contributed by atoms with van der Waals surface area (Å²) >= 11 is 0. The van der Waals surface area contributed by atoms with Gasteiger partial charge in [0.25, 0.3) is 0 Å². The Morgan fingerprint density at radius 3 is 2.63 bits per heavy atom. The molecular weight excluding hydrogens is 444 g/mol. The minimum absolute atomic E-state index is 0.0950. The van der Waals surface area contributed by atoms with Crippen molar-refractivity contribution in [1.29, 1.82) is 0 Å². The Morgan fingerprint density at radius 2 is 1.94 bits per heavy atom. The number of aromatic nitrogens is 4. The number of carbonyl (C=O) groups is 1. The Bertz CT molecular complexity index is 1220. The minimum atomic E-state index is -0.111. The van der Waals surface area contributed by atoms with Gasteiger partial charge in [-0.3, -0.25) is 9.48 Å². The van der Waals surface area contributed by atoms with Crippen molar-refractivity contribution in [3.63, 3.8) is 0 Å². The first-order valence-corrected chi connectivity index (χ1v) is 11.6. The summed E-state index contributed by atoms with van der Waals surface area (Å²) in [6, 6.07) is 9.18. The summed E-state index contributed by atoms with van der Waals surface area (Å²) in [7, 11) is 3.70. The van der Waals surface area contributed by atoms with Crippen molar-refractivity contribution in [1.82, 2.24) is 24.8 Å². The van der Waals surface area contributed by atoms with Gasteiger partial charge in [0.1, 0.15) is 11.5 Å². The van der Waals surface area contributed by atoms with Gasteiger partial charge < -0.3 is 14.5 Å². The topological polar surface area (TPSA) is 103 Å². The van der Waals surface area contributed by atoms with E-state index >= 15 is 0 Å². The Morgan fingerprint density at radius 1 is 1.20 bits per heavy atom. The van der Waals surface area contributed by atoms with Gasteiger partial charge in [-0.15, -0.1) is 0 Å². The van der Waals surface area contributed by atoms with Crippen molar-refractivity contribution in [2.24, 2.45) is 5.10 Å². The molecule has 2 unspecified atom stereocenters. The van der Waals surface area contributed by atoms with Crippen molar-refractivity contribution >= 4 is 12.0 Å². The molecule has 2 atom stereocenters. The molecule has 0 saturated carbocycles. The molecule has 0 N–H and O–H groups in total. The molecule has 0 amide bonds. The molecule has 35 heavy (non-hydrogen) atoms. The molecule has 0 aliphatic carbocycles. The van der Waals surface area contributed by atoms with Crippen molar-refractivity contribution in [3.8, 4) is 17.1 Å². The van der Waals surface area contributed by atoms with Crippen LogP contribution in [0.25, 0.3) is 11.4 Å². The molecule has 2 aromatic heterocycles. The van der Waals surface area contributed by atoms with Gasteiger partial charge in [-0.25, -0.2) is 9.97 Å². The lowest BCUT2D eigenvalue weighted by atomic mass is 10.1. The summed E-state index contributed by atoms with van der Waals surface area (Å²) in [6.07, 6.45) is 8.13. The molecule has 1 aromatic carbocycles. The number of benzene rings is 1. The molecule has 3 aromatic rings. The highest BCUT2D eigenvalue weighted by atomic mass is 16.5. The summed E-state index contributed by atoms with van der Waals surface area (Å²) in [6.45, 7) is 5.45. The molecule has 3 rings (SSSR count). The average molecular weight is 477 g/mol. The van der Waals surface area contributed by atoms with E-state index in [4.69, 9.17) is 4.74 Å². The number of rotatable bonds is 11. The fraction of sp³-hybridized carbons (Fsp3) is 0.385. The van der Waals surface area contributed by atoms with Gasteiger partial charge >= 0.3 is 0 Å². The molecule has 184 valence electrons. The second-order valence-electron chi connectivity index (χ2n) is 8.75. The molecule has 0 aliphatic heterocycles. The largest absolute Gasteiger partial charge is 0.487 e. The molecule has 0 aliphatic rings. The fourth-order valence-electron chi connectivity index (χ4n) is 3.35. The van der Waals surface area contributed by atoms with Crippen molar-refractivity contribution in [3.05, 3.63) is 70.4 Å². The Balaban J connectivity index is 1.72. The van der Waals surface area contributed by atoms with Crippen LogP contribution in [0.3, 0.4) is 0 Å². The van der Waals surface area contributed by atoms with Crippen LogP contribution in [0.2, 0.25) is 0 Å². The lowest BCUT2D eigenvalue weighted by Crippen LogP contribution is -2.20. The predicted octanol–water partition coefficient (Wildman–Crippen LogP) is 3.54. The van der Waals surface area contributed by atoms with Gasteiger partial charge in [0.15, 0.2) is 11.6 Å². The Kier molecular flexibility index (Phi) is 8.83. The van der Waals surface area contributed by atoms with Crippen LogP contribution in [0.15, 0.2) is 58.8 Å². The molecular formula is C26H32N6O3. The summed E-state index contributed by atoms with van der Waals surface area (Å²) in [5.41, 5.74) is 2.11. The van der Waals surface area contributed by atoms with Crippen LogP contribution in [0.4, 0.5) is 0 Å². The molecule has 0 fully saturated rings. The number of hydrazone groups is 1. The Labute approximate surface area is 205 Å². The maximum atomic E-state index is 12.5. The highest BCUT2D eigenvalue weighted by Crippen LogP contribution is 2.20. The van der Waals surface area contributed by atoms with E-state index in [9.17, 15) is 9.59 Å². The average Bonchev–Trinajstić information content (AvgIpc) is 2.83. The maximum absolute atomic E-state index is 12.5. The van der Waals surface area contributed by atoms with Crippen LogP contribution in [0.1, 0.15) is 50.9 Å². The summed E-state index contributed by atoms with van der Waals surface area (Å²) in [4.78, 5) is 32.5. The predicted molar refractivity (Wildman–Crippen MR) is 136 cm³/mol. The van der Waals surface area contributed by atoms with Gasteiger partial charge in [0, 0.05) is 51.0 Å². The van der Waals surface area contributed by atoms with Gasteiger partial charge in [0.05, 0.1) is 24.5 Å². The SMILES string of the molecule is CC(=O)CCC(C)Oc1cnc(-c2cccc(Cc3nn(C(C)/C=N\N(C)C)ccc3=O)c2)nc1. The van der Waals surface area contributed by atoms with E-state index in [1.54, 1.807) is 41.4 Å².